The van der Waals surface area contributed by atoms with Gasteiger partial charge in [-0.15, -0.1) is 0 Å². The van der Waals surface area contributed by atoms with Crippen molar-refractivity contribution in [3.63, 3.8) is 0 Å². The minimum absolute atomic E-state index is 0.139. The Hall–Kier alpha value is -0.220. The number of rotatable bonds is 6. The molecule has 0 heterocycles. The first-order valence-electron chi connectivity index (χ1n) is 3.60. The third-order valence-electron chi connectivity index (χ3n) is 1.16. The Balaban J connectivity index is 2.95. The Kier molecular flexibility index (Phi) is 7.72. The summed E-state index contributed by atoms with van der Waals surface area (Å²) in [6.07, 6.45) is 1.10. The molecule has 0 aliphatic rings. The van der Waals surface area contributed by atoms with Gasteiger partial charge in [-0.05, 0) is 25.8 Å². The zero-order valence-corrected chi connectivity index (χ0v) is 7.87. The number of nitrogens with one attached hydrogen (secondary N) is 1. The molecule has 0 aromatic rings. The fourth-order valence-corrected chi connectivity index (χ4v) is 1.34. The Bertz CT molecular complexity index is 109. The second-order valence-electron chi connectivity index (χ2n) is 2.09. The molecule has 0 amide bonds. The maximum atomic E-state index is 10.6. The summed E-state index contributed by atoms with van der Waals surface area (Å²) in [5, 5.41) is 3.04. The highest BCUT2D eigenvalue weighted by Gasteiger charge is 1.98. The molecule has 0 radical (unpaired) electrons. The van der Waals surface area contributed by atoms with Crippen LogP contribution in [0.3, 0.4) is 0 Å². The molecule has 0 bridgehead atoms. The van der Waals surface area contributed by atoms with Gasteiger partial charge in [-0.25, -0.2) is 0 Å². The Morgan fingerprint density at radius 2 is 2.36 bits per heavy atom. The van der Waals surface area contributed by atoms with Crippen molar-refractivity contribution < 1.29 is 9.53 Å². The van der Waals surface area contributed by atoms with Crippen LogP contribution in [0.4, 0.5) is 0 Å². The summed E-state index contributed by atoms with van der Waals surface area (Å²) in [5.41, 5.74) is 0. The van der Waals surface area contributed by atoms with E-state index in [1.807, 2.05) is 7.05 Å². The van der Waals surface area contributed by atoms with Crippen molar-refractivity contribution in [3.05, 3.63) is 0 Å². The molecule has 11 heavy (non-hydrogen) atoms. The predicted molar refractivity (Wildman–Crippen MR) is 47.9 cm³/mol. The van der Waals surface area contributed by atoms with Gasteiger partial charge in [-0.3, -0.25) is 4.79 Å². The van der Waals surface area contributed by atoms with E-state index in [1.54, 1.807) is 11.8 Å². The topological polar surface area (TPSA) is 38.3 Å². The van der Waals surface area contributed by atoms with Gasteiger partial charge >= 0.3 is 5.97 Å². The smallest absolute Gasteiger partial charge is 0.315 e. The van der Waals surface area contributed by atoms with E-state index in [1.165, 1.54) is 7.11 Å². The van der Waals surface area contributed by atoms with Gasteiger partial charge in [-0.2, -0.15) is 11.8 Å². The quantitative estimate of drug-likeness (QED) is 0.474. The third-order valence-corrected chi connectivity index (χ3v) is 2.18. The average molecular weight is 177 g/mol. The predicted octanol–water partition coefficient (Wildman–Crippen LogP) is 0.502. The molecular weight excluding hydrogens is 162 g/mol. The first-order valence-corrected chi connectivity index (χ1v) is 4.76. The van der Waals surface area contributed by atoms with Gasteiger partial charge < -0.3 is 10.1 Å². The molecular formula is C7H15NO2S. The normalized spacial score (nSPS) is 9.64. The molecule has 66 valence electrons. The van der Waals surface area contributed by atoms with Gasteiger partial charge in [0, 0.05) is 0 Å². The Morgan fingerprint density at radius 1 is 1.64 bits per heavy atom. The highest BCUT2D eigenvalue weighted by molar-refractivity contribution is 7.99. The van der Waals surface area contributed by atoms with Gasteiger partial charge in [0.05, 0.1) is 12.9 Å². The summed E-state index contributed by atoms with van der Waals surface area (Å²) in [6, 6.07) is 0. The van der Waals surface area contributed by atoms with E-state index >= 15 is 0 Å². The van der Waals surface area contributed by atoms with Gasteiger partial charge in [-0.1, -0.05) is 0 Å². The molecule has 0 saturated heterocycles. The summed E-state index contributed by atoms with van der Waals surface area (Å²) in [4.78, 5) is 10.6. The molecule has 4 heteroatoms. The number of carbonyl (C=O) groups is 1. The van der Waals surface area contributed by atoms with Crippen molar-refractivity contribution in [3.8, 4) is 0 Å². The van der Waals surface area contributed by atoms with E-state index in [9.17, 15) is 4.79 Å². The highest BCUT2D eigenvalue weighted by Crippen LogP contribution is 2.01. The largest absolute Gasteiger partial charge is 0.468 e. The van der Waals surface area contributed by atoms with Gasteiger partial charge in [0.25, 0.3) is 0 Å². The summed E-state index contributed by atoms with van der Waals surface area (Å²) < 4.78 is 4.48. The van der Waals surface area contributed by atoms with Crippen LogP contribution in [0.25, 0.3) is 0 Å². The number of thioether (sulfide) groups is 1. The zero-order chi connectivity index (χ0) is 8.53. The monoisotopic (exact) mass is 177 g/mol. The van der Waals surface area contributed by atoms with E-state index < -0.39 is 0 Å². The van der Waals surface area contributed by atoms with E-state index in [0.29, 0.717) is 5.75 Å². The SMILES string of the molecule is CNCCCSCC(=O)OC. The van der Waals surface area contributed by atoms with Gasteiger partial charge in [0.15, 0.2) is 0 Å². The van der Waals surface area contributed by atoms with Crippen molar-refractivity contribution in [1.29, 1.82) is 0 Å². The summed E-state index contributed by atoms with van der Waals surface area (Å²) >= 11 is 1.61. The average Bonchev–Trinajstić information content (AvgIpc) is 2.04. The van der Waals surface area contributed by atoms with E-state index in [4.69, 9.17) is 0 Å². The van der Waals surface area contributed by atoms with Crippen molar-refractivity contribution in [2.75, 3.05) is 32.2 Å². The van der Waals surface area contributed by atoms with Crippen LogP contribution < -0.4 is 5.32 Å². The van der Waals surface area contributed by atoms with Crippen LogP contribution in [0.2, 0.25) is 0 Å². The lowest BCUT2D eigenvalue weighted by Crippen LogP contribution is -2.09. The third kappa shape index (κ3) is 7.68. The Labute approximate surface area is 71.9 Å². The van der Waals surface area contributed by atoms with Crippen molar-refractivity contribution >= 4 is 17.7 Å². The molecule has 0 atom stereocenters. The fourth-order valence-electron chi connectivity index (χ4n) is 0.565. The number of hydrogen-bond donors (Lipinski definition) is 1. The van der Waals surface area contributed by atoms with E-state index in [-0.39, 0.29) is 5.97 Å². The van der Waals surface area contributed by atoms with Crippen molar-refractivity contribution in [2.24, 2.45) is 0 Å². The summed E-state index contributed by atoms with van der Waals surface area (Å²) in [7, 11) is 3.33. The number of esters is 1. The molecule has 0 saturated carbocycles. The van der Waals surface area contributed by atoms with Crippen LogP contribution in [-0.2, 0) is 9.53 Å². The van der Waals surface area contributed by atoms with Crippen LogP contribution in [0.1, 0.15) is 6.42 Å². The van der Waals surface area contributed by atoms with Gasteiger partial charge in [0.2, 0.25) is 0 Å². The fraction of sp³-hybridized carbons (Fsp3) is 0.857. The van der Waals surface area contributed by atoms with Crippen LogP contribution in [-0.4, -0.2) is 38.2 Å². The summed E-state index contributed by atoms with van der Waals surface area (Å²) in [6.45, 7) is 1.01. The van der Waals surface area contributed by atoms with Crippen LogP contribution in [0.5, 0.6) is 0 Å². The molecule has 0 fully saturated rings. The number of ether oxygens (including phenoxy) is 1. The molecule has 0 rings (SSSR count). The zero-order valence-electron chi connectivity index (χ0n) is 7.05. The first-order chi connectivity index (χ1) is 5.31. The second kappa shape index (κ2) is 7.88. The highest BCUT2D eigenvalue weighted by atomic mass is 32.2. The summed E-state index contributed by atoms with van der Waals surface area (Å²) in [5.74, 6) is 1.34. The lowest BCUT2D eigenvalue weighted by Gasteiger charge is -1.99. The minimum atomic E-state index is -0.139. The van der Waals surface area contributed by atoms with E-state index in [0.717, 1.165) is 18.7 Å². The molecule has 0 aliphatic carbocycles. The number of hydrogen-bond acceptors (Lipinski definition) is 4. The maximum absolute atomic E-state index is 10.6. The number of methoxy groups -OCH3 is 1. The number of carbonyl (C=O) groups excluding carboxylic acids is 1. The van der Waals surface area contributed by atoms with Crippen LogP contribution in [0.15, 0.2) is 0 Å². The molecule has 0 aromatic heterocycles. The maximum Gasteiger partial charge on any atom is 0.315 e. The van der Waals surface area contributed by atoms with Crippen LogP contribution in [0, 0.1) is 0 Å². The molecule has 1 N–H and O–H groups in total. The van der Waals surface area contributed by atoms with Crippen molar-refractivity contribution in [2.45, 2.75) is 6.42 Å². The second-order valence-corrected chi connectivity index (χ2v) is 3.19. The molecule has 0 spiro atoms. The molecule has 3 nitrogen and oxygen atoms in total. The lowest BCUT2D eigenvalue weighted by atomic mass is 10.5. The van der Waals surface area contributed by atoms with Crippen LogP contribution >= 0.6 is 11.8 Å². The molecule has 0 aliphatic heterocycles. The first kappa shape index (κ1) is 10.8. The lowest BCUT2D eigenvalue weighted by molar-refractivity contribution is -0.137. The Morgan fingerprint density at radius 3 is 2.91 bits per heavy atom. The standard InChI is InChI=1S/C7H15NO2S/c1-8-4-3-5-11-6-7(9)10-2/h8H,3-6H2,1-2H3. The molecule has 0 aromatic carbocycles. The molecule has 0 unspecified atom stereocenters. The van der Waals surface area contributed by atoms with Crippen molar-refractivity contribution in [1.82, 2.24) is 5.32 Å². The van der Waals surface area contributed by atoms with Gasteiger partial charge in [0.1, 0.15) is 0 Å². The minimum Gasteiger partial charge on any atom is -0.468 e. The van der Waals surface area contributed by atoms with E-state index in [2.05, 4.69) is 10.1 Å².